The van der Waals surface area contributed by atoms with Gasteiger partial charge in [-0.15, -0.1) is 0 Å². The van der Waals surface area contributed by atoms with Crippen molar-refractivity contribution in [2.45, 2.75) is 34.1 Å². The summed E-state index contributed by atoms with van der Waals surface area (Å²) in [6.45, 7) is 10.1. The maximum Gasteiger partial charge on any atom is 0.322 e. The predicted molar refractivity (Wildman–Crippen MR) is 73.1 cm³/mol. The van der Waals surface area contributed by atoms with Gasteiger partial charge < -0.3 is 15.4 Å². The predicted octanol–water partition coefficient (Wildman–Crippen LogP) is 2.16. The Hall–Kier alpha value is -1.59. The Balaban J connectivity index is 2.78. The Morgan fingerprint density at radius 1 is 1.06 bits per heavy atom. The number of hydrogen-bond donors (Lipinski definition) is 2. The SMILES string of the molecule is CCNc1nc(NCC(C)(C)CC)nc(OC)n1. The molecule has 0 aliphatic rings. The molecule has 2 N–H and O–H groups in total. The van der Waals surface area contributed by atoms with Crippen LogP contribution in [0.25, 0.3) is 0 Å². The molecule has 0 radical (unpaired) electrons. The van der Waals surface area contributed by atoms with E-state index >= 15 is 0 Å². The van der Waals surface area contributed by atoms with Crippen molar-refractivity contribution >= 4 is 11.9 Å². The van der Waals surface area contributed by atoms with Gasteiger partial charge in [-0.25, -0.2) is 0 Å². The lowest BCUT2D eigenvalue weighted by Gasteiger charge is -2.22. The van der Waals surface area contributed by atoms with Crippen LogP contribution in [0.5, 0.6) is 6.01 Å². The molecule has 0 amide bonds. The summed E-state index contributed by atoms with van der Waals surface area (Å²) in [5.74, 6) is 1.07. The summed E-state index contributed by atoms with van der Waals surface area (Å²) >= 11 is 0. The average Bonchev–Trinajstić information content (AvgIpc) is 2.37. The van der Waals surface area contributed by atoms with Crippen molar-refractivity contribution in [1.29, 1.82) is 0 Å². The number of aromatic nitrogens is 3. The van der Waals surface area contributed by atoms with E-state index < -0.39 is 0 Å². The first-order valence-corrected chi connectivity index (χ1v) is 6.28. The largest absolute Gasteiger partial charge is 0.467 e. The highest BCUT2D eigenvalue weighted by molar-refractivity contribution is 5.35. The molecule has 1 rings (SSSR count). The van der Waals surface area contributed by atoms with Gasteiger partial charge in [0.25, 0.3) is 0 Å². The fourth-order valence-electron chi connectivity index (χ4n) is 1.21. The number of methoxy groups -OCH3 is 1. The van der Waals surface area contributed by atoms with Crippen LogP contribution in [0.2, 0.25) is 0 Å². The van der Waals surface area contributed by atoms with Crippen LogP contribution >= 0.6 is 0 Å². The van der Waals surface area contributed by atoms with Crippen molar-refractivity contribution in [2.75, 3.05) is 30.8 Å². The third kappa shape index (κ3) is 4.35. The Bertz CT molecular complexity index is 381. The Morgan fingerprint density at radius 2 is 1.67 bits per heavy atom. The van der Waals surface area contributed by atoms with Gasteiger partial charge in [0.2, 0.25) is 11.9 Å². The van der Waals surface area contributed by atoms with Gasteiger partial charge in [-0.1, -0.05) is 20.8 Å². The van der Waals surface area contributed by atoms with Gasteiger partial charge in [0.05, 0.1) is 7.11 Å². The number of anilines is 2. The maximum absolute atomic E-state index is 5.06. The van der Waals surface area contributed by atoms with Crippen LogP contribution < -0.4 is 15.4 Å². The quantitative estimate of drug-likeness (QED) is 0.776. The highest BCUT2D eigenvalue weighted by atomic mass is 16.5. The first kappa shape index (κ1) is 14.5. The zero-order valence-corrected chi connectivity index (χ0v) is 11.9. The second-order valence-corrected chi connectivity index (χ2v) is 4.87. The van der Waals surface area contributed by atoms with Crippen LogP contribution in [0, 0.1) is 5.41 Å². The van der Waals surface area contributed by atoms with Gasteiger partial charge in [0, 0.05) is 13.1 Å². The van der Waals surface area contributed by atoms with Crippen molar-refractivity contribution < 1.29 is 4.74 Å². The van der Waals surface area contributed by atoms with E-state index in [1.54, 1.807) is 7.11 Å². The summed E-state index contributed by atoms with van der Waals surface area (Å²) < 4.78 is 5.06. The molecule has 0 fully saturated rings. The third-order valence-electron chi connectivity index (χ3n) is 2.81. The zero-order chi connectivity index (χ0) is 13.6. The van der Waals surface area contributed by atoms with E-state index in [1.165, 1.54) is 0 Å². The van der Waals surface area contributed by atoms with E-state index in [9.17, 15) is 0 Å². The minimum absolute atomic E-state index is 0.207. The minimum Gasteiger partial charge on any atom is -0.467 e. The fraction of sp³-hybridized carbons (Fsp3) is 0.750. The second kappa shape index (κ2) is 6.37. The van der Waals surface area contributed by atoms with Gasteiger partial charge in [-0.3, -0.25) is 0 Å². The van der Waals surface area contributed by atoms with E-state index in [0.717, 1.165) is 19.5 Å². The molecule has 102 valence electrons. The normalized spacial score (nSPS) is 11.2. The molecule has 1 aromatic heterocycles. The molecule has 0 atom stereocenters. The minimum atomic E-state index is 0.207. The molecule has 0 spiro atoms. The summed E-state index contributed by atoms with van der Waals surface area (Å²) in [5, 5.41) is 6.28. The van der Waals surface area contributed by atoms with E-state index in [2.05, 4.69) is 46.4 Å². The molecule has 0 saturated heterocycles. The van der Waals surface area contributed by atoms with E-state index in [4.69, 9.17) is 4.74 Å². The summed E-state index contributed by atoms with van der Waals surface area (Å²) in [6, 6.07) is 0.317. The van der Waals surface area contributed by atoms with Crippen LogP contribution in [0.4, 0.5) is 11.9 Å². The maximum atomic E-state index is 5.06. The number of nitrogens with zero attached hydrogens (tertiary/aromatic N) is 3. The van der Waals surface area contributed by atoms with Gasteiger partial charge in [-0.05, 0) is 18.8 Å². The van der Waals surface area contributed by atoms with Crippen molar-refractivity contribution in [3.8, 4) is 6.01 Å². The third-order valence-corrected chi connectivity index (χ3v) is 2.81. The molecule has 0 aliphatic carbocycles. The molecule has 0 bridgehead atoms. The molecule has 0 aliphatic heterocycles. The Kier molecular flexibility index (Phi) is 5.12. The van der Waals surface area contributed by atoms with E-state index in [1.807, 2.05) is 6.92 Å². The Morgan fingerprint density at radius 3 is 2.17 bits per heavy atom. The van der Waals surface area contributed by atoms with Crippen LogP contribution in [-0.4, -0.2) is 35.2 Å². The summed E-state index contributed by atoms with van der Waals surface area (Å²) in [5.41, 5.74) is 0.207. The monoisotopic (exact) mass is 253 g/mol. The number of ether oxygens (including phenoxy) is 1. The molecule has 1 aromatic rings. The molecular weight excluding hydrogens is 230 g/mol. The first-order chi connectivity index (χ1) is 8.50. The van der Waals surface area contributed by atoms with Crippen LogP contribution in [0.15, 0.2) is 0 Å². The van der Waals surface area contributed by atoms with E-state index in [-0.39, 0.29) is 5.41 Å². The highest BCUT2D eigenvalue weighted by Gasteiger charge is 2.16. The van der Waals surface area contributed by atoms with Gasteiger partial charge in [0.15, 0.2) is 0 Å². The molecular formula is C12H23N5O. The lowest BCUT2D eigenvalue weighted by atomic mass is 9.90. The molecule has 1 heterocycles. The van der Waals surface area contributed by atoms with Crippen molar-refractivity contribution in [3.05, 3.63) is 0 Å². The number of hydrogen-bond acceptors (Lipinski definition) is 6. The lowest BCUT2D eigenvalue weighted by Crippen LogP contribution is -2.23. The lowest BCUT2D eigenvalue weighted by molar-refractivity contribution is 0.370. The fourth-order valence-corrected chi connectivity index (χ4v) is 1.21. The summed E-state index contributed by atoms with van der Waals surface area (Å²) in [7, 11) is 1.55. The van der Waals surface area contributed by atoms with Gasteiger partial charge in [0.1, 0.15) is 0 Å². The van der Waals surface area contributed by atoms with Gasteiger partial charge in [-0.2, -0.15) is 15.0 Å². The summed E-state index contributed by atoms with van der Waals surface area (Å²) in [4.78, 5) is 12.6. The number of nitrogens with one attached hydrogen (secondary N) is 2. The molecule has 0 saturated carbocycles. The van der Waals surface area contributed by atoms with E-state index in [0.29, 0.717) is 17.9 Å². The first-order valence-electron chi connectivity index (χ1n) is 6.28. The topological polar surface area (TPSA) is 72.0 Å². The molecule has 6 heteroatoms. The smallest absolute Gasteiger partial charge is 0.322 e. The molecule has 0 aromatic carbocycles. The number of rotatable bonds is 7. The standard InChI is InChI=1S/C12H23N5O/c1-6-12(3,4)8-14-10-15-9(13-7-2)16-11(17-10)18-5/h6-8H2,1-5H3,(H2,13,14,15,16,17). The van der Waals surface area contributed by atoms with Crippen molar-refractivity contribution in [1.82, 2.24) is 15.0 Å². The molecule has 6 nitrogen and oxygen atoms in total. The molecule has 18 heavy (non-hydrogen) atoms. The van der Waals surface area contributed by atoms with Crippen molar-refractivity contribution in [3.63, 3.8) is 0 Å². The van der Waals surface area contributed by atoms with Crippen LogP contribution in [-0.2, 0) is 0 Å². The molecule has 0 unspecified atom stereocenters. The summed E-state index contributed by atoms with van der Waals surface area (Å²) in [6.07, 6.45) is 1.09. The zero-order valence-electron chi connectivity index (χ0n) is 11.9. The van der Waals surface area contributed by atoms with Gasteiger partial charge >= 0.3 is 6.01 Å². The second-order valence-electron chi connectivity index (χ2n) is 4.87. The van der Waals surface area contributed by atoms with Crippen molar-refractivity contribution in [2.24, 2.45) is 5.41 Å². The van der Waals surface area contributed by atoms with Crippen LogP contribution in [0.3, 0.4) is 0 Å². The average molecular weight is 253 g/mol. The Labute approximate surface area is 109 Å². The highest BCUT2D eigenvalue weighted by Crippen LogP contribution is 2.20. The van der Waals surface area contributed by atoms with Crippen LogP contribution in [0.1, 0.15) is 34.1 Å².